The molecular weight excluding hydrogens is 310 g/mol. The fourth-order valence-electron chi connectivity index (χ4n) is 1.67. The monoisotopic (exact) mass is 319 g/mol. The summed E-state index contributed by atoms with van der Waals surface area (Å²) in [6, 6.07) is 8.82. The van der Waals surface area contributed by atoms with Gasteiger partial charge in [-0.15, -0.1) is 11.3 Å². The van der Waals surface area contributed by atoms with Gasteiger partial charge in [0.05, 0.1) is 16.0 Å². The standard InChI is InChI=1S/C14H10ClN3O2S/c1-17-13(20)9(6-16)12(19)11-7-18-14(21-11)8-4-2-3-5-10(8)15/h2-5,7,9H,1H3,(H,17,20). The first-order chi connectivity index (χ1) is 10.1. The third-order valence-electron chi connectivity index (χ3n) is 2.75. The van der Waals surface area contributed by atoms with Gasteiger partial charge in [0.15, 0.2) is 5.92 Å². The van der Waals surface area contributed by atoms with Gasteiger partial charge in [-0.05, 0) is 6.07 Å². The normalized spacial score (nSPS) is 11.5. The van der Waals surface area contributed by atoms with Gasteiger partial charge in [-0.3, -0.25) is 9.59 Å². The molecule has 0 radical (unpaired) electrons. The molecule has 5 nitrogen and oxygen atoms in total. The molecule has 0 saturated heterocycles. The van der Waals surface area contributed by atoms with Crippen LogP contribution in [0.1, 0.15) is 9.67 Å². The topological polar surface area (TPSA) is 82.9 Å². The van der Waals surface area contributed by atoms with Crippen molar-refractivity contribution in [2.75, 3.05) is 7.05 Å². The Morgan fingerprint density at radius 3 is 2.76 bits per heavy atom. The van der Waals surface area contributed by atoms with E-state index in [-0.39, 0.29) is 4.88 Å². The van der Waals surface area contributed by atoms with Crippen LogP contribution in [-0.2, 0) is 4.79 Å². The van der Waals surface area contributed by atoms with Crippen LogP contribution >= 0.6 is 22.9 Å². The van der Waals surface area contributed by atoms with Gasteiger partial charge in [0.2, 0.25) is 11.7 Å². The minimum Gasteiger partial charge on any atom is -0.358 e. The molecule has 1 aromatic heterocycles. The van der Waals surface area contributed by atoms with Crippen molar-refractivity contribution in [3.63, 3.8) is 0 Å². The summed E-state index contributed by atoms with van der Waals surface area (Å²) in [7, 11) is 1.38. The number of nitrogens with one attached hydrogen (secondary N) is 1. The highest BCUT2D eigenvalue weighted by molar-refractivity contribution is 7.17. The quantitative estimate of drug-likeness (QED) is 0.693. The van der Waals surface area contributed by atoms with Crippen LogP contribution in [0.25, 0.3) is 10.6 Å². The molecule has 0 fully saturated rings. The summed E-state index contributed by atoms with van der Waals surface area (Å²) in [6.45, 7) is 0. The number of carbonyl (C=O) groups excluding carboxylic acids is 2. The van der Waals surface area contributed by atoms with Crippen LogP contribution in [0.2, 0.25) is 5.02 Å². The van der Waals surface area contributed by atoms with Crippen molar-refractivity contribution < 1.29 is 9.59 Å². The van der Waals surface area contributed by atoms with Crippen molar-refractivity contribution in [2.24, 2.45) is 5.92 Å². The maximum absolute atomic E-state index is 12.2. The molecule has 0 aliphatic rings. The Labute approximate surface area is 130 Å². The zero-order valence-corrected chi connectivity index (χ0v) is 12.5. The zero-order valence-electron chi connectivity index (χ0n) is 11.0. The molecule has 1 heterocycles. The third kappa shape index (κ3) is 3.10. The molecule has 0 saturated carbocycles. The largest absolute Gasteiger partial charge is 0.358 e. The van der Waals surface area contributed by atoms with Crippen LogP contribution in [-0.4, -0.2) is 23.7 Å². The van der Waals surface area contributed by atoms with Crippen molar-refractivity contribution >= 4 is 34.6 Å². The van der Waals surface area contributed by atoms with E-state index in [2.05, 4.69) is 10.3 Å². The van der Waals surface area contributed by atoms with E-state index in [9.17, 15) is 9.59 Å². The lowest BCUT2D eigenvalue weighted by Crippen LogP contribution is -2.31. The number of Topliss-reactive ketones (excluding diaryl/α,β-unsaturated/α-hetero) is 1. The summed E-state index contributed by atoms with van der Waals surface area (Å²) in [4.78, 5) is 28.0. The van der Waals surface area contributed by atoms with Crippen LogP contribution in [0.15, 0.2) is 30.5 Å². The number of hydrogen-bond donors (Lipinski definition) is 1. The van der Waals surface area contributed by atoms with Crippen LogP contribution in [0.5, 0.6) is 0 Å². The molecule has 1 N–H and O–H groups in total. The van der Waals surface area contributed by atoms with Gasteiger partial charge in [0.25, 0.3) is 0 Å². The van der Waals surface area contributed by atoms with E-state index in [4.69, 9.17) is 16.9 Å². The number of rotatable bonds is 4. The molecule has 0 spiro atoms. The van der Waals surface area contributed by atoms with E-state index in [0.29, 0.717) is 15.6 Å². The van der Waals surface area contributed by atoms with Gasteiger partial charge in [-0.25, -0.2) is 4.98 Å². The van der Waals surface area contributed by atoms with Crippen molar-refractivity contribution in [2.45, 2.75) is 0 Å². The number of nitriles is 1. The average molecular weight is 320 g/mol. The second-order valence-corrected chi connectivity index (χ2v) is 5.49. The van der Waals surface area contributed by atoms with Gasteiger partial charge in [0.1, 0.15) is 5.01 Å². The molecule has 7 heteroatoms. The molecule has 0 aliphatic carbocycles. The Morgan fingerprint density at radius 1 is 1.43 bits per heavy atom. The number of aromatic nitrogens is 1. The number of ketones is 1. The van der Waals surface area contributed by atoms with Crippen LogP contribution in [0, 0.1) is 17.2 Å². The van der Waals surface area contributed by atoms with Crippen LogP contribution < -0.4 is 5.32 Å². The minimum atomic E-state index is -1.37. The van der Waals surface area contributed by atoms with Crippen molar-refractivity contribution in [3.05, 3.63) is 40.4 Å². The lowest BCUT2D eigenvalue weighted by molar-refractivity contribution is -0.121. The molecule has 1 aromatic carbocycles. The average Bonchev–Trinajstić information content (AvgIpc) is 2.97. The Kier molecular flexibility index (Phi) is 4.68. The fourth-order valence-corrected chi connectivity index (χ4v) is 2.88. The maximum Gasteiger partial charge on any atom is 0.245 e. The Bertz CT molecular complexity index is 736. The highest BCUT2D eigenvalue weighted by atomic mass is 35.5. The van der Waals surface area contributed by atoms with E-state index < -0.39 is 17.6 Å². The van der Waals surface area contributed by atoms with E-state index in [1.54, 1.807) is 24.3 Å². The molecule has 2 rings (SSSR count). The number of thiazole rings is 1. The molecule has 1 amide bonds. The van der Waals surface area contributed by atoms with E-state index in [1.807, 2.05) is 6.07 Å². The molecule has 2 aromatic rings. The van der Waals surface area contributed by atoms with E-state index in [0.717, 1.165) is 11.3 Å². The summed E-state index contributed by atoms with van der Waals surface area (Å²) in [6.07, 6.45) is 1.36. The summed E-state index contributed by atoms with van der Waals surface area (Å²) >= 11 is 7.18. The highest BCUT2D eigenvalue weighted by Gasteiger charge is 2.28. The summed E-state index contributed by atoms with van der Waals surface area (Å²) in [5.41, 5.74) is 0.705. The van der Waals surface area contributed by atoms with Gasteiger partial charge in [0, 0.05) is 18.8 Å². The molecule has 21 heavy (non-hydrogen) atoms. The zero-order chi connectivity index (χ0) is 15.4. The van der Waals surface area contributed by atoms with Crippen LogP contribution in [0.4, 0.5) is 0 Å². The lowest BCUT2D eigenvalue weighted by atomic mass is 10.0. The molecule has 0 aliphatic heterocycles. The second kappa shape index (κ2) is 6.48. The predicted molar refractivity (Wildman–Crippen MR) is 80.1 cm³/mol. The number of benzene rings is 1. The molecule has 1 unspecified atom stereocenters. The molecule has 1 atom stereocenters. The Balaban J connectivity index is 2.32. The van der Waals surface area contributed by atoms with Gasteiger partial charge in [-0.1, -0.05) is 29.8 Å². The number of carbonyl (C=O) groups is 2. The molecular formula is C14H10ClN3O2S. The first-order valence-corrected chi connectivity index (χ1v) is 7.14. The Hall–Kier alpha value is -2.23. The second-order valence-electron chi connectivity index (χ2n) is 4.05. The summed E-state index contributed by atoms with van der Waals surface area (Å²) in [5, 5.41) is 12.3. The summed E-state index contributed by atoms with van der Waals surface area (Å²) < 4.78 is 0. The lowest BCUT2D eigenvalue weighted by Gasteiger charge is -2.03. The number of amides is 1. The number of halogens is 1. The van der Waals surface area contributed by atoms with Crippen molar-refractivity contribution in [3.8, 4) is 16.6 Å². The Morgan fingerprint density at radius 2 is 2.14 bits per heavy atom. The molecule has 106 valence electrons. The van der Waals surface area contributed by atoms with E-state index in [1.165, 1.54) is 13.2 Å². The minimum absolute atomic E-state index is 0.250. The van der Waals surface area contributed by atoms with Crippen LogP contribution in [0.3, 0.4) is 0 Å². The van der Waals surface area contributed by atoms with E-state index >= 15 is 0 Å². The third-order valence-corrected chi connectivity index (χ3v) is 4.13. The predicted octanol–water partition coefficient (Wildman–Crippen LogP) is 2.53. The van der Waals surface area contributed by atoms with Crippen molar-refractivity contribution in [1.29, 1.82) is 5.26 Å². The highest BCUT2D eigenvalue weighted by Crippen LogP contribution is 2.31. The van der Waals surface area contributed by atoms with Gasteiger partial charge >= 0.3 is 0 Å². The first-order valence-electron chi connectivity index (χ1n) is 5.94. The fraction of sp³-hybridized carbons (Fsp3) is 0.143. The van der Waals surface area contributed by atoms with Gasteiger partial charge < -0.3 is 5.32 Å². The van der Waals surface area contributed by atoms with Crippen molar-refractivity contribution in [1.82, 2.24) is 10.3 Å². The first kappa shape index (κ1) is 15.2. The SMILES string of the molecule is CNC(=O)C(C#N)C(=O)c1cnc(-c2ccccc2Cl)s1. The van der Waals surface area contributed by atoms with Gasteiger partial charge in [-0.2, -0.15) is 5.26 Å². The number of nitrogens with zero attached hydrogens (tertiary/aromatic N) is 2. The maximum atomic E-state index is 12.2. The summed E-state index contributed by atoms with van der Waals surface area (Å²) in [5.74, 6) is -2.56. The smallest absolute Gasteiger partial charge is 0.245 e. The molecule has 0 bridgehead atoms. The number of hydrogen-bond acceptors (Lipinski definition) is 5.